The zero-order valence-corrected chi connectivity index (χ0v) is 12.0. The van der Waals surface area contributed by atoms with E-state index in [2.05, 4.69) is 5.32 Å². The van der Waals surface area contributed by atoms with Crippen LogP contribution in [0.3, 0.4) is 0 Å². The molecule has 0 aromatic rings. The lowest BCUT2D eigenvalue weighted by Gasteiger charge is -2.20. The maximum Gasteiger partial charge on any atom is 0.412 e. The summed E-state index contributed by atoms with van der Waals surface area (Å²) in [5.74, 6) is -0.834. The van der Waals surface area contributed by atoms with Gasteiger partial charge in [0.2, 0.25) is 0 Å². The van der Waals surface area contributed by atoms with Gasteiger partial charge in [0.05, 0.1) is 0 Å². The number of alkyl carbamates (subject to hydrolysis) is 1. The molecule has 0 unspecified atom stereocenters. The van der Waals surface area contributed by atoms with Gasteiger partial charge in [0.1, 0.15) is 11.3 Å². The fraction of sp³-hybridized carbons (Fsp3) is 0.692. The maximum atomic E-state index is 11.5. The minimum Gasteiger partial charge on any atom is -0.477 e. The third-order valence-electron chi connectivity index (χ3n) is 1.98. The summed E-state index contributed by atoms with van der Waals surface area (Å²) < 4.78 is 5.03. The summed E-state index contributed by atoms with van der Waals surface area (Å²) in [7, 11) is 0. The van der Waals surface area contributed by atoms with Crippen LogP contribution in [0.25, 0.3) is 0 Å². The molecule has 0 fully saturated rings. The second-order valence-corrected chi connectivity index (χ2v) is 5.69. The normalized spacial score (nSPS) is 13.1. The van der Waals surface area contributed by atoms with Crippen LogP contribution in [-0.4, -0.2) is 22.8 Å². The standard InChI is InChI=1S/C13H23NO4/c1-8(2)7-9(3)10(11(15)16)14-12(17)18-13(4,5)6/h8H,7H2,1-6H3,(H,14,17)(H,15,16)/b10-9+. The van der Waals surface area contributed by atoms with E-state index in [4.69, 9.17) is 9.84 Å². The number of carbonyl (C=O) groups excluding carboxylic acids is 1. The molecular weight excluding hydrogens is 234 g/mol. The van der Waals surface area contributed by atoms with Crippen LogP contribution in [0.2, 0.25) is 0 Å². The molecule has 0 bridgehead atoms. The van der Waals surface area contributed by atoms with Gasteiger partial charge in [-0.3, -0.25) is 5.32 Å². The number of carboxylic acid groups (broad SMARTS) is 1. The van der Waals surface area contributed by atoms with Crippen LogP contribution >= 0.6 is 0 Å². The van der Waals surface area contributed by atoms with E-state index in [-0.39, 0.29) is 5.70 Å². The molecule has 104 valence electrons. The monoisotopic (exact) mass is 257 g/mol. The molecule has 0 spiro atoms. The molecule has 5 heteroatoms. The predicted octanol–water partition coefficient (Wildman–Crippen LogP) is 2.92. The van der Waals surface area contributed by atoms with Crippen molar-refractivity contribution in [1.82, 2.24) is 5.32 Å². The third kappa shape index (κ3) is 6.93. The second-order valence-electron chi connectivity index (χ2n) is 5.69. The fourth-order valence-electron chi connectivity index (χ4n) is 1.46. The molecule has 0 aliphatic heterocycles. The minimum atomic E-state index is -1.15. The molecule has 0 heterocycles. The zero-order chi connectivity index (χ0) is 14.5. The largest absolute Gasteiger partial charge is 0.477 e. The summed E-state index contributed by atoms with van der Waals surface area (Å²) in [6.07, 6.45) is -0.139. The molecule has 2 N–H and O–H groups in total. The third-order valence-corrected chi connectivity index (χ3v) is 1.98. The first-order valence-electron chi connectivity index (χ1n) is 5.96. The Morgan fingerprint density at radius 1 is 1.28 bits per heavy atom. The van der Waals surface area contributed by atoms with Crippen LogP contribution in [0.5, 0.6) is 0 Å². The van der Waals surface area contributed by atoms with Crippen LogP contribution in [0, 0.1) is 5.92 Å². The number of carbonyl (C=O) groups is 2. The van der Waals surface area contributed by atoms with Crippen molar-refractivity contribution in [1.29, 1.82) is 0 Å². The zero-order valence-electron chi connectivity index (χ0n) is 12.0. The van der Waals surface area contributed by atoms with Crippen molar-refractivity contribution in [2.75, 3.05) is 0 Å². The Bertz CT molecular complexity index is 350. The number of hydrogen-bond acceptors (Lipinski definition) is 3. The first-order valence-corrected chi connectivity index (χ1v) is 5.96. The summed E-state index contributed by atoms with van der Waals surface area (Å²) >= 11 is 0. The Balaban J connectivity index is 4.85. The number of nitrogens with one attached hydrogen (secondary N) is 1. The Labute approximate surface area is 108 Å². The predicted molar refractivity (Wildman–Crippen MR) is 69.2 cm³/mol. The summed E-state index contributed by atoms with van der Waals surface area (Å²) in [5.41, 5.74) is -0.124. The van der Waals surface area contributed by atoms with E-state index in [1.54, 1.807) is 27.7 Å². The van der Waals surface area contributed by atoms with Gasteiger partial charge in [0.25, 0.3) is 0 Å². The molecular formula is C13H23NO4. The number of allylic oxidation sites excluding steroid dienone is 1. The van der Waals surface area contributed by atoms with E-state index in [1.165, 1.54) is 0 Å². The van der Waals surface area contributed by atoms with Crippen molar-refractivity contribution >= 4 is 12.1 Å². The highest BCUT2D eigenvalue weighted by Crippen LogP contribution is 2.14. The number of amides is 1. The molecule has 0 aliphatic carbocycles. The van der Waals surface area contributed by atoms with E-state index in [0.29, 0.717) is 17.9 Å². The van der Waals surface area contributed by atoms with Gasteiger partial charge in [-0.25, -0.2) is 9.59 Å². The topological polar surface area (TPSA) is 75.6 Å². The lowest BCUT2D eigenvalue weighted by molar-refractivity contribution is -0.133. The average molecular weight is 257 g/mol. The highest BCUT2D eigenvalue weighted by atomic mass is 16.6. The van der Waals surface area contributed by atoms with Gasteiger partial charge < -0.3 is 9.84 Å². The van der Waals surface area contributed by atoms with Crippen molar-refractivity contribution in [2.45, 2.75) is 53.6 Å². The highest BCUT2D eigenvalue weighted by molar-refractivity contribution is 5.91. The number of carboxylic acids is 1. The van der Waals surface area contributed by atoms with Gasteiger partial charge in [0, 0.05) is 0 Å². The number of aliphatic carboxylic acids is 1. The molecule has 1 amide bonds. The van der Waals surface area contributed by atoms with Gasteiger partial charge in [-0.15, -0.1) is 0 Å². The van der Waals surface area contributed by atoms with E-state index < -0.39 is 17.7 Å². The molecule has 0 saturated heterocycles. The number of rotatable bonds is 4. The Morgan fingerprint density at radius 2 is 1.78 bits per heavy atom. The fourth-order valence-corrected chi connectivity index (χ4v) is 1.46. The smallest absolute Gasteiger partial charge is 0.412 e. The second kappa shape index (κ2) is 6.42. The molecule has 0 rings (SSSR count). The molecule has 5 nitrogen and oxygen atoms in total. The Kier molecular flexibility index (Phi) is 5.88. The summed E-state index contributed by atoms with van der Waals surface area (Å²) in [6, 6.07) is 0. The molecule has 0 aromatic heterocycles. The van der Waals surface area contributed by atoms with Crippen molar-refractivity contribution in [3.8, 4) is 0 Å². The summed E-state index contributed by atoms with van der Waals surface area (Å²) in [6.45, 7) is 10.8. The van der Waals surface area contributed by atoms with Gasteiger partial charge >= 0.3 is 12.1 Å². The SMILES string of the molecule is C/C(CC(C)C)=C(\NC(=O)OC(C)(C)C)C(=O)O. The summed E-state index contributed by atoms with van der Waals surface area (Å²) in [4.78, 5) is 22.6. The number of hydrogen-bond donors (Lipinski definition) is 2. The van der Waals surface area contributed by atoms with Gasteiger partial charge in [-0.1, -0.05) is 13.8 Å². The Hall–Kier alpha value is -1.52. The minimum absolute atomic E-state index is 0.0991. The molecule has 0 aromatic carbocycles. The van der Waals surface area contributed by atoms with Gasteiger partial charge in [-0.05, 0) is 45.6 Å². The van der Waals surface area contributed by atoms with Crippen LogP contribution in [-0.2, 0) is 9.53 Å². The molecule has 0 aliphatic rings. The van der Waals surface area contributed by atoms with Crippen molar-refractivity contribution in [2.24, 2.45) is 5.92 Å². The first-order chi connectivity index (χ1) is 8.03. The quantitative estimate of drug-likeness (QED) is 0.759. The van der Waals surface area contributed by atoms with Crippen molar-refractivity contribution in [3.05, 3.63) is 11.3 Å². The van der Waals surface area contributed by atoms with E-state index in [9.17, 15) is 9.59 Å². The van der Waals surface area contributed by atoms with Crippen LogP contribution in [0.15, 0.2) is 11.3 Å². The molecule has 0 atom stereocenters. The van der Waals surface area contributed by atoms with Crippen molar-refractivity contribution in [3.63, 3.8) is 0 Å². The number of ether oxygens (including phenoxy) is 1. The molecule has 0 radical (unpaired) electrons. The van der Waals surface area contributed by atoms with E-state index in [0.717, 1.165) is 0 Å². The molecule has 18 heavy (non-hydrogen) atoms. The van der Waals surface area contributed by atoms with E-state index in [1.807, 2.05) is 13.8 Å². The van der Waals surface area contributed by atoms with E-state index >= 15 is 0 Å². The van der Waals surface area contributed by atoms with Crippen LogP contribution < -0.4 is 5.32 Å². The van der Waals surface area contributed by atoms with Gasteiger partial charge in [0.15, 0.2) is 0 Å². The molecule has 0 saturated carbocycles. The Morgan fingerprint density at radius 3 is 2.11 bits per heavy atom. The lowest BCUT2D eigenvalue weighted by atomic mass is 10.0. The van der Waals surface area contributed by atoms with Crippen LogP contribution in [0.1, 0.15) is 48.0 Å². The summed E-state index contributed by atoms with van der Waals surface area (Å²) in [5, 5.41) is 11.4. The first kappa shape index (κ1) is 16.5. The average Bonchev–Trinajstić information content (AvgIpc) is 2.09. The highest BCUT2D eigenvalue weighted by Gasteiger charge is 2.20. The van der Waals surface area contributed by atoms with Crippen LogP contribution in [0.4, 0.5) is 4.79 Å². The lowest BCUT2D eigenvalue weighted by Crippen LogP contribution is -2.34. The van der Waals surface area contributed by atoms with Gasteiger partial charge in [-0.2, -0.15) is 0 Å². The maximum absolute atomic E-state index is 11.5. The van der Waals surface area contributed by atoms with Crippen molar-refractivity contribution < 1.29 is 19.4 Å².